The zero-order chi connectivity index (χ0) is 13.8. The molecule has 1 amide bonds. The van der Waals surface area contributed by atoms with E-state index < -0.39 is 4.92 Å². The van der Waals surface area contributed by atoms with E-state index in [2.05, 4.69) is 15.5 Å². The second-order valence-corrected chi connectivity index (χ2v) is 5.58. The third kappa shape index (κ3) is 3.73. The fourth-order valence-electron chi connectivity index (χ4n) is 1.26. The number of benzene rings is 1. The topological polar surface area (TPSA) is 97.0 Å². The SMILES string of the molecule is O=C1CSC(=NN=Cc2ccc([N+](=O)[O-])cc2I)N1. The fourth-order valence-corrected chi connectivity index (χ4v) is 2.53. The second kappa shape index (κ2) is 6.10. The van der Waals surface area contributed by atoms with E-state index in [0.29, 0.717) is 14.5 Å². The standard InChI is InChI=1S/C10H7IN4O3S/c11-8-3-7(15(17)18)2-1-6(8)4-12-14-10-13-9(16)5-19-10/h1-4H,5H2,(H,13,14,16). The first-order chi connectivity index (χ1) is 9.06. The van der Waals surface area contributed by atoms with E-state index in [1.807, 2.05) is 22.6 Å². The molecule has 19 heavy (non-hydrogen) atoms. The normalized spacial score (nSPS) is 17.1. The molecule has 1 saturated heterocycles. The number of carbonyl (C=O) groups excluding carboxylic acids is 1. The highest BCUT2D eigenvalue weighted by atomic mass is 127. The molecule has 7 nitrogen and oxygen atoms in total. The molecule has 0 atom stereocenters. The lowest BCUT2D eigenvalue weighted by Gasteiger charge is -1.97. The van der Waals surface area contributed by atoms with Crippen LogP contribution in [0.4, 0.5) is 5.69 Å². The molecule has 0 saturated carbocycles. The van der Waals surface area contributed by atoms with Gasteiger partial charge in [-0.05, 0) is 28.7 Å². The van der Waals surface area contributed by atoms with Crippen LogP contribution in [0.1, 0.15) is 5.56 Å². The minimum absolute atomic E-state index is 0.0338. The zero-order valence-electron chi connectivity index (χ0n) is 9.37. The van der Waals surface area contributed by atoms with Crippen molar-refractivity contribution in [3.8, 4) is 0 Å². The first-order valence-corrected chi connectivity index (χ1v) is 7.10. The molecule has 0 unspecified atom stereocenters. The summed E-state index contributed by atoms with van der Waals surface area (Å²) < 4.78 is 0.707. The van der Waals surface area contributed by atoms with Gasteiger partial charge in [-0.2, -0.15) is 5.10 Å². The maximum Gasteiger partial charge on any atom is 0.270 e. The Morgan fingerprint density at radius 3 is 2.89 bits per heavy atom. The Morgan fingerprint density at radius 2 is 2.32 bits per heavy atom. The van der Waals surface area contributed by atoms with Crippen molar-refractivity contribution in [2.75, 3.05) is 5.75 Å². The van der Waals surface area contributed by atoms with Gasteiger partial charge in [-0.1, -0.05) is 11.8 Å². The molecule has 1 heterocycles. The van der Waals surface area contributed by atoms with Crippen LogP contribution in [0.25, 0.3) is 0 Å². The maximum absolute atomic E-state index is 10.9. The largest absolute Gasteiger partial charge is 0.303 e. The quantitative estimate of drug-likeness (QED) is 0.368. The van der Waals surface area contributed by atoms with Crippen molar-refractivity contribution < 1.29 is 9.72 Å². The zero-order valence-corrected chi connectivity index (χ0v) is 12.3. The molecule has 1 aromatic carbocycles. The van der Waals surface area contributed by atoms with Crippen molar-refractivity contribution in [2.45, 2.75) is 0 Å². The molecule has 0 aliphatic carbocycles. The minimum atomic E-state index is -0.450. The number of nitro benzene ring substituents is 1. The molecule has 98 valence electrons. The monoisotopic (exact) mass is 390 g/mol. The minimum Gasteiger partial charge on any atom is -0.303 e. The van der Waals surface area contributed by atoms with Gasteiger partial charge >= 0.3 is 0 Å². The van der Waals surface area contributed by atoms with Gasteiger partial charge in [0.1, 0.15) is 0 Å². The van der Waals surface area contributed by atoms with Crippen LogP contribution in [-0.4, -0.2) is 28.0 Å². The molecule has 1 aliphatic rings. The van der Waals surface area contributed by atoms with Crippen molar-refractivity contribution in [3.63, 3.8) is 0 Å². The lowest BCUT2D eigenvalue weighted by Crippen LogP contribution is -2.19. The molecule has 0 bridgehead atoms. The molecule has 1 fully saturated rings. The van der Waals surface area contributed by atoms with Crippen LogP contribution in [0.2, 0.25) is 0 Å². The summed E-state index contributed by atoms with van der Waals surface area (Å²) in [5.41, 5.74) is 0.761. The van der Waals surface area contributed by atoms with Crippen LogP contribution in [0.3, 0.4) is 0 Å². The third-order valence-electron chi connectivity index (χ3n) is 2.13. The van der Waals surface area contributed by atoms with E-state index in [1.54, 1.807) is 6.07 Å². The average Bonchev–Trinajstić information content (AvgIpc) is 2.77. The summed E-state index contributed by atoms with van der Waals surface area (Å²) in [4.78, 5) is 21.0. The van der Waals surface area contributed by atoms with E-state index in [4.69, 9.17) is 0 Å². The van der Waals surface area contributed by atoms with Gasteiger partial charge in [0.2, 0.25) is 5.91 Å². The Balaban J connectivity index is 2.11. The lowest BCUT2D eigenvalue weighted by atomic mass is 10.2. The summed E-state index contributed by atoms with van der Waals surface area (Å²) in [6.07, 6.45) is 1.49. The Labute approximate surface area is 125 Å². The van der Waals surface area contributed by atoms with Gasteiger partial charge in [-0.3, -0.25) is 14.9 Å². The smallest absolute Gasteiger partial charge is 0.270 e. The van der Waals surface area contributed by atoms with Crippen LogP contribution in [-0.2, 0) is 4.79 Å². The second-order valence-electron chi connectivity index (χ2n) is 3.45. The van der Waals surface area contributed by atoms with Gasteiger partial charge in [0.25, 0.3) is 5.69 Å². The van der Waals surface area contributed by atoms with Gasteiger partial charge in [-0.25, -0.2) is 0 Å². The number of thioether (sulfide) groups is 1. The number of halogens is 1. The van der Waals surface area contributed by atoms with Crippen molar-refractivity contribution in [2.24, 2.45) is 10.2 Å². The van der Waals surface area contributed by atoms with Crippen molar-refractivity contribution in [3.05, 3.63) is 37.4 Å². The van der Waals surface area contributed by atoms with Gasteiger partial charge in [-0.15, -0.1) is 5.10 Å². The fraction of sp³-hybridized carbons (Fsp3) is 0.100. The summed E-state index contributed by atoms with van der Waals surface area (Å²) in [6.45, 7) is 0. The third-order valence-corrected chi connectivity index (χ3v) is 3.92. The highest BCUT2D eigenvalue weighted by Gasteiger charge is 2.16. The van der Waals surface area contributed by atoms with Crippen LogP contribution in [0.15, 0.2) is 28.4 Å². The van der Waals surface area contributed by atoms with Crippen molar-refractivity contribution in [1.82, 2.24) is 5.32 Å². The highest BCUT2D eigenvalue weighted by molar-refractivity contribution is 14.1. The summed E-state index contributed by atoms with van der Waals surface area (Å²) >= 11 is 3.27. The lowest BCUT2D eigenvalue weighted by molar-refractivity contribution is -0.384. The number of hydrogen-bond acceptors (Lipinski definition) is 6. The van der Waals surface area contributed by atoms with Crippen molar-refractivity contribution >= 4 is 57.3 Å². The number of nitrogens with one attached hydrogen (secondary N) is 1. The number of rotatable bonds is 3. The number of amides is 1. The first-order valence-electron chi connectivity index (χ1n) is 5.04. The number of nitrogens with zero attached hydrogens (tertiary/aromatic N) is 3. The predicted molar refractivity (Wildman–Crippen MR) is 81.4 cm³/mol. The summed E-state index contributed by atoms with van der Waals surface area (Å²) in [6, 6.07) is 4.47. The molecular weight excluding hydrogens is 383 g/mol. The van der Waals surface area contributed by atoms with E-state index in [-0.39, 0.29) is 11.6 Å². The molecule has 1 aromatic rings. The van der Waals surface area contributed by atoms with Gasteiger partial charge in [0, 0.05) is 21.3 Å². The summed E-state index contributed by atoms with van der Waals surface area (Å²) in [7, 11) is 0. The molecule has 1 aliphatic heterocycles. The Kier molecular flexibility index (Phi) is 4.47. The molecule has 0 spiro atoms. The van der Waals surface area contributed by atoms with Crippen LogP contribution in [0.5, 0.6) is 0 Å². The van der Waals surface area contributed by atoms with E-state index in [9.17, 15) is 14.9 Å². The highest BCUT2D eigenvalue weighted by Crippen LogP contribution is 2.18. The Hall–Kier alpha value is -1.49. The number of amidine groups is 1. The van der Waals surface area contributed by atoms with E-state index in [0.717, 1.165) is 5.56 Å². The Bertz CT molecular complexity index is 602. The maximum atomic E-state index is 10.9. The molecular formula is C10H7IN4O3S. The molecule has 9 heteroatoms. The van der Waals surface area contributed by atoms with Crippen LogP contribution < -0.4 is 5.32 Å². The van der Waals surface area contributed by atoms with E-state index in [1.165, 1.54) is 30.1 Å². The first kappa shape index (κ1) is 13.9. The molecule has 0 radical (unpaired) electrons. The number of non-ortho nitro benzene ring substituents is 1. The molecule has 2 rings (SSSR count). The summed E-state index contributed by atoms with van der Waals surface area (Å²) in [5.74, 6) is 0.257. The van der Waals surface area contributed by atoms with Gasteiger partial charge < -0.3 is 5.32 Å². The van der Waals surface area contributed by atoms with Gasteiger partial charge in [0.15, 0.2) is 5.17 Å². The molecule has 0 aromatic heterocycles. The number of nitro groups is 1. The van der Waals surface area contributed by atoms with Crippen LogP contribution in [0, 0.1) is 13.7 Å². The average molecular weight is 390 g/mol. The van der Waals surface area contributed by atoms with E-state index >= 15 is 0 Å². The van der Waals surface area contributed by atoms with Crippen LogP contribution >= 0.6 is 34.4 Å². The Morgan fingerprint density at radius 1 is 1.53 bits per heavy atom. The molecule has 1 N–H and O–H groups in total. The number of carbonyl (C=O) groups is 1. The predicted octanol–water partition coefficient (Wildman–Crippen LogP) is 1.75. The summed E-state index contributed by atoms with van der Waals surface area (Å²) in [5, 5.41) is 21.3. The van der Waals surface area contributed by atoms with Gasteiger partial charge in [0.05, 0.1) is 16.9 Å². The van der Waals surface area contributed by atoms with Crippen molar-refractivity contribution in [1.29, 1.82) is 0 Å². The number of hydrogen-bond donors (Lipinski definition) is 1.